The van der Waals surface area contributed by atoms with Crippen molar-refractivity contribution in [2.75, 3.05) is 13.6 Å². The molecule has 0 spiro atoms. The fraction of sp³-hybridized carbons (Fsp3) is 0.400. The molecule has 1 atom stereocenters. The zero-order valence-electron chi connectivity index (χ0n) is 9.54. The van der Waals surface area contributed by atoms with E-state index in [1.165, 1.54) is 12.3 Å². The average Bonchev–Trinajstić information content (AvgIpc) is 2.29. The van der Waals surface area contributed by atoms with Crippen LogP contribution in [0.1, 0.15) is 17.3 Å². The highest BCUT2D eigenvalue weighted by Gasteiger charge is 2.08. The molecule has 1 aromatic heterocycles. The number of amides is 1. The number of nitrogens with one attached hydrogen (secondary N) is 3. The lowest BCUT2D eigenvalue weighted by Crippen LogP contribution is -2.37. The van der Waals surface area contributed by atoms with Gasteiger partial charge in [-0.2, -0.15) is 0 Å². The number of carbonyl (C=O) groups excluding carboxylic acids is 1. The fourth-order valence-electron chi connectivity index (χ4n) is 1.04. The SMILES string of the molecule is CNC(C)CNC(=O)c1c[nH]c(=O)c(Br)c1.Cl. The molecule has 0 saturated carbocycles. The first-order valence-electron chi connectivity index (χ1n) is 4.88. The first kappa shape index (κ1) is 16.1. The van der Waals surface area contributed by atoms with Gasteiger partial charge in [0.05, 0.1) is 10.0 Å². The maximum atomic E-state index is 11.6. The quantitative estimate of drug-likeness (QED) is 0.770. The van der Waals surface area contributed by atoms with Crippen LogP contribution >= 0.6 is 28.3 Å². The molecule has 5 nitrogen and oxygen atoms in total. The highest BCUT2D eigenvalue weighted by Crippen LogP contribution is 2.04. The van der Waals surface area contributed by atoms with Gasteiger partial charge in [-0.25, -0.2) is 0 Å². The predicted molar refractivity (Wildman–Crippen MR) is 72.9 cm³/mol. The Hall–Kier alpha value is -0.850. The molecule has 17 heavy (non-hydrogen) atoms. The van der Waals surface area contributed by atoms with E-state index in [2.05, 4.69) is 31.5 Å². The van der Waals surface area contributed by atoms with E-state index < -0.39 is 0 Å². The molecule has 0 radical (unpaired) electrons. The van der Waals surface area contributed by atoms with Crippen LogP contribution < -0.4 is 16.2 Å². The Kier molecular flexibility index (Phi) is 7.10. The van der Waals surface area contributed by atoms with E-state index in [1.54, 1.807) is 0 Å². The highest BCUT2D eigenvalue weighted by molar-refractivity contribution is 9.10. The van der Waals surface area contributed by atoms with Crippen LogP contribution in [-0.4, -0.2) is 30.5 Å². The highest BCUT2D eigenvalue weighted by atomic mass is 79.9. The summed E-state index contributed by atoms with van der Waals surface area (Å²) >= 11 is 3.07. The molecule has 0 aromatic carbocycles. The standard InChI is InChI=1S/C10H14BrN3O2.ClH/c1-6(12-2)4-13-9(15)7-3-8(11)10(16)14-5-7;/h3,5-6,12H,4H2,1-2H3,(H,13,15)(H,14,16);1H. The number of halogens is 2. The molecule has 1 aromatic rings. The van der Waals surface area contributed by atoms with Crippen molar-refractivity contribution in [3.63, 3.8) is 0 Å². The number of rotatable bonds is 4. The third-order valence-electron chi connectivity index (χ3n) is 2.18. The summed E-state index contributed by atoms with van der Waals surface area (Å²) in [5.74, 6) is -0.209. The second-order valence-corrected chi connectivity index (χ2v) is 4.32. The van der Waals surface area contributed by atoms with Gasteiger partial charge < -0.3 is 15.6 Å². The lowest BCUT2D eigenvalue weighted by molar-refractivity contribution is 0.0950. The number of aromatic nitrogens is 1. The van der Waals surface area contributed by atoms with Gasteiger partial charge in [0, 0.05) is 18.8 Å². The van der Waals surface area contributed by atoms with Gasteiger partial charge in [0.2, 0.25) is 0 Å². The molecule has 7 heteroatoms. The van der Waals surface area contributed by atoms with E-state index in [-0.39, 0.29) is 29.9 Å². The summed E-state index contributed by atoms with van der Waals surface area (Å²) in [4.78, 5) is 25.2. The first-order chi connectivity index (χ1) is 7.54. The summed E-state index contributed by atoms with van der Waals surface area (Å²) in [6.07, 6.45) is 1.40. The Balaban J connectivity index is 0.00000256. The van der Waals surface area contributed by atoms with Crippen LogP contribution in [0.3, 0.4) is 0 Å². The van der Waals surface area contributed by atoms with Crippen molar-refractivity contribution in [1.82, 2.24) is 15.6 Å². The Morgan fingerprint density at radius 2 is 2.24 bits per heavy atom. The van der Waals surface area contributed by atoms with Crippen molar-refractivity contribution in [3.8, 4) is 0 Å². The maximum Gasteiger partial charge on any atom is 0.262 e. The average molecular weight is 325 g/mol. The number of aromatic amines is 1. The second kappa shape index (κ2) is 7.47. The molecular weight excluding hydrogens is 309 g/mol. The Morgan fingerprint density at radius 3 is 2.76 bits per heavy atom. The van der Waals surface area contributed by atoms with E-state index in [0.29, 0.717) is 16.6 Å². The van der Waals surface area contributed by atoms with Gasteiger partial charge in [-0.3, -0.25) is 9.59 Å². The van der Waals surface area contributed by atoms with Crippen molar-refractivity contribution >= 4 is 34.2 Å². The molecule has 1 unspecified atom stereocenters. The van der Waals surface area contributed by atoms with Crippen LogP contribution in [0.15, 0.2) is 21.5 Å². The summed E-state index contributed by atoms with van der Waals surface area (Å²) in [6.45, 7) is 2.50. The van der Waals surface area contributed by atoms with Crippen LogP contribution in [-0.2, 0) is 0 Å². The number of likely N-dealkylation sites (N-methyl/N-ethyl adjacent to an activating group) is 1. The molecule has 0 aliphatic rings. The maximum absolute atomic E-state index is 11.6. The summed E-state index contributed by atoms with van der Waals surface area (Å²) in [5, 5.41) is 5.76. The summed E-state index contributed by atoms with van der Waals surface area (Å²) < 4.78 is 0.349. The Bertz CT molecular complexity index is 436. The van der Waals surface area contributed by atoms with Crippen molar-refractivity contribution in [2.45, 2.75) is 13.0 Å². The van der Waals surface area contributed by atoms with Crippen LogP contribution in [0.5, 0.6) is 0 Å². The van der Waals surface area contributed by atoms with Crippen molar-refractivity contribution in [2.24, 2.45) is 0 Å². The monoisotopic (exact) mass is 323 g/mol. The lowest BCUT2D eigenvalue weighted by atomic mass is 10.2. The predicted octanol–water partition coefficient (Wildman–Crippen LogP) is 0.897. The van der Waals surface area contributed by atoms with Crippen molar-refractivity contribution in [1.29, 1.82) is 0 Å². The Labute approximate surface area is 114 Å². The number of H-pyrrole nitrogens is 1. The van der Waals surface area contributed by atoms with Crippen LogP contribution in [0.4, 0.5) is 0 Å². The molecule has 0 saturated heterocycles. The van der Waals surface area contributed by atoms with Gasteiger partial charge in [0.1, 0.15) is 0 Å². The zero-order valence-corrected chi connectivity index (χ0v) is 11.9. The summed E-state index contributed by atoms with van der Waals surface area (Å²) in [5.41, 5.74) is 0.176. The molecule has 0 aliphatic heterocycles. The topological polar surface area (TPSA) is 74.0 Å². The smallest absolute Gasteiger partial charge is 0.262 e. The minimum atomic E-state index is -0.250. The molecule has 0 fully saturated rings. The van der Waals surface area contributed by atoms with E-state index in [1.807, 2.05) is 14.0 Å². The minimum Gasteiger partial charge on any atom is -0.350 e. The van der Waals surface area contributed by atoms with Crippen molar-refractivity contribution in [3.05, 3.63) is 32.7 Å². The van der Waals surface area contributed by atoms with Gasteiger partial charge in [-0.05, 0) is 36.0 Å². The van der Waals surface area contributed by atoms with Crippen LogP contribution in [0, 0.1) is 0 Å². The number of hydrogen-bond donors (Lipinski definition) is 3. The third kappa shape index (κ3) is 4.89. The van der Waals surface area contributed by atoms with Crippen LogP contribution in [0.25, 0.3) is 0 Å². The number of hydrogen-bond acceptors (Lipinski definition) is 3. The van der Waals surface area contributed by atoms with Gasteiger partial charge in [0.15, 0.2) is 0 Å². The van der Waals surface area contributed by atoms with E-state index in [9.17, 15) is 9.59 Å². The second-order valence-electron chi connectivity index (χ2n) is 3.47. The molecular formula is C10H15BrClN3O2. The van der Waals surface area contributed by atoms with E-state index in [4.69, 9.17) is 0 Å². The van der Waals surface area contributed by atoms with E-state index in [0.717, 1.165) is 0 Å². The normalized spacial score (nSPS) is 11.5. The molecule has 0 aliphatic carbocycles. The Morgan fingerprint density at radius 1 is 1.59 bits per heavy atom. The summed E-state index contributed by atoms with van der Waals surface area (Å²) in [7, 11) is 1.83. The first-order valence-corrected chi connectivity index (χ1v) is 5.67. The molecule has 1 amide bonds. The lowest BCUT2D eigenvalue weighted by Gasteiger charge is -2.11. The molecule has 1 rings (SSSR count). The zero-order chi connectivity index (χ0) is 12.1. The summed E-state index contributed by atoms with van der Waals surface area (Å²) in [6, 6.07) is 1.70. The largest absolute Gasteiger partial charge is 0.350 e. The van der Waals surface area contributed by atoms with Gasteiger partial charge >= 0.3 is 0 Å². The van der Waals surface area contributed by atoms with Crippen LogP contribution in [0.2, 0.25) is 0 Å². The van der Waals surface area contributed by atoms with Gasteiger partial charge in [0.25, 0.3) is 11.5 Å². The molecule has 1 heterocycles. The molecule has 3 N–H and O–H groups in total. The fourth-order valence-corrected chi connectivity index (χ4v) is 1.40. The number of carbonyl (C=O) groups is 1. The van der Waals surface area contributed by atoms with E-state index >= 15 is 0 Å². The van der Waals surface area contributed by atoms with Gasteiger partial charge in [-0.1, -0.05) is 0 Å². The number of pyridine rings is 1. The minimum absolute atomic E-state index is 0. The molecule has 0 bridgehead atoms. The third-order valence-corrected chi connectivity index (χ3v) is 2.77. The van der Waals surface area contributed by atoms with Gasteiger partial charge in [-0.15, -0.1) is 12.4 Å². The van der Waals surface area contributed by atoms with Crippen molar-refractivity contribution < 1.29 is 4.79 Å². The molecule has 96 valence electrons.